The van der Waals surface area contributed by atoms with Gasteiger partial charge < -0.3 is 14.2 Å². The molecule has 4 aromatic rings. The first-order valence-electron chi connectivity index (χ1n) is 11.6. The number of benzene rings is 3. The van der Waals surface area contributed by atoms with Crippen molar-refractivity contribution < 1.29 is 19.0 Å². The number of ether oxygens (including phenoxy) is 3. The van der Waals surface area contributed by atoms with Crippen LogP contribution in [0.25, 0.3) is 0 Å². The van der Waals surface area contributed by atoms with Crippen LogP contribution in [0.1, 0.15) is 28.4 Å². The van der Waals surface area contributed by atoms with Gasteiger partial charge >= 0.3 is 5.97 Å². The van der Waals surface area contributed by atoms with Gasteiger partial charge in [0, 0.05) is 29.9 Å². The number of esters is 1. The molecule has 0 aliphatic carbocycles. The summed E-state index contributed by atoms with van der Waals surface area (Å²) in [5, 5.41) is 0.676. The summed E-state index contributed by atoms with van der Waals surface area (Å²) >= 11 is 5.93. The van der Waals surface area contributed by atoms with Gasteiger partial charge in [-0.1, -0.05) is 29.8 Å². The molecule has 0 N–H and O–H groups in total. The Morgan fingerprint density at radius 1 is 0.833 bits per heavy atom. The van der Waals surface area contributed by atoms with E-state index < -0.39 is 0 Å². The molecule has 0 saturated heterocycles. The van der Waals surface area contributed by atoms with Crippen LogP contribution in [0.4, 0.5) is 0 Å². The summed E-state index contributed by atoms with van der Waals surface area (Å²) in [6, 6.07) is 26.0. The highest BCUT2D eigenvalue weighted by Crippen LogP contribution is 2.26. The van der Waals surface area contributed by atoms with E-state index in [-0.39, 0.29) is 5.97 Å². The van der Waals surface area contributed by atoms with Crippen LogP contribution in [-0.2, 0) is 17.8 Å². The molecule has 0 fully saturated rings. The minimum absolute atomic E-state index is 0.337. The molecule has 0 unspecified atom stereocenters. The van der Waals surface area contributed by atoms with Crippen molar-refractivity contribution in [1.82, 2.24) is 9.88 Å². The van der Waals surface area contributed by atoms with Crippen LogP contribution in [0.3, 0.4) is 0 Å². The summed E-state index contributed by atoms with van der Waals surface area (Å²) in [5.41, 5.74) is 2.59. The maximum Gasteiger partial charge on any atom is 0.338 e. The Hall–Kier alpha value is -3.87. The van der Waals surface area contributed by atoms with E-state index in [1.54, 1.807) is 49.5 Å². The van der Waals surface area contributed by atoms with Gasteiger partial charge in [0.1, 0.15) is 17.2 Å². The second kappa shape index (κ2) is 12.2. The van der Waals surface area contributed by atoms with E-state index >= 15 is 0 Å². The molecule has 7 heteroatoms. The van der Waals surface area contributed by atoms with Crippen LogP contribution in [0.5, 0.6) is 23.1 Å². The zero-order chi connectivity index (χ0) is 25.3. The van der Waals surface area contributed by atoms with Crippen LogP contribution in [0.15, 0.2) is 91.1 Å². The minimum Gasteiger partial charge on any atom is -0.462 e. The van der Waals surface area contributed by atoms with E-state index in [4.69, 9.17) is 25.8 Å². The largest absolute Gasteiger partial charge is 0.462 e. The number of carbonyl (C=O) groups excluding carboxylic acids is 1. The highest BCUT2D eigenvalue weighted by Gasteiger charge is 2.11. The van der Waals surface area contributed by atoms with Crippen molar-refractivity contribution in [2.24, 2.45) is 0 Å². The third-order valence-electron chi connectivity index (χ3n) is 5.30. The number of rotatable bonds is 10. The fraction of sp³-hybridized carbons (Fsp3) is 0.172. The molecule has 1 aromatic heterocycles. The molecular formula is C29H27ClN2O4. The SMILES string of the molecule is CCOC(=O)c1ccc(Oc2ncccc2CN(C)Cc2ccc(Oc3ccc(Cl)cc3)cc2)cc1. The number of nitrogens with zero attached hydrogens (tertiary/aromatic N) is 2. The minimum atomic E-state index is -0.353. The van der Waals surface area contributed by atoms with Crippen molar-refractivity contribution in [1.29, 1.82) is 0 Å². The molecule has 1 heterocycles. The second-order valence-electron chi connectivity index (χ2n) is 8.19. The predicted octanol–water partition coefficient (Wildman–Crippen LogP) is 7.13. The van der Waals surface area contributed by atoms with Crippen LogP contribution in [0, 0.1) is 0 Å². The Bertz CT molecular complexity index is 1280. The number of halogens is 1. The molecular weight excluding hydrogens is 476 g/mol. The van der Waals surface area contributed by atoms with Gasteiger partial charge in [-0.2, -0.15) is 0 Å². The predicted molar refractivity (Wildman–Crippen MR) is 140 cm³/mol. The van der Waals surface area contributed by atoms with E-state index in [0.29, 0.717) is 35.4 Å². The topological polar surface area (TPSA) is 60.9 Å². The average Bonchev–Trinajstić information content (AvgIpc) is 2.88. The van der Waals surface area contributed by atoms with Gasteiger partial charge in [-0.25, -0.2) is 9.78 Å². The van der Waals surface area contributed by atoms with Crippen molar-refractivity contribution in [3.63, 3.8) is 0 Å². The van der Waals surface area contributed by atoms with Crippen LogP contribution in [0.2, 0.25) is 5.02 Å². The lowest BCUT2D eigenvalue weighted by Gasteiger charge is -2.19. The Kier molecular flexibility index (Phi) is 8.55. The van der Waals surface area contributed by atoms with Gasteiger partial charge in [0.15, 0.2) is 0 Å². The summed E-state index contributed by atoms with van der Waals surface area (Å²) in [4.78, 5) is 18.5. The molecule has 0 aliphatic rings. The Labute approximate surface area is 216 Å². The quantitative estimate of drug-likeness (QED) is 0.215. The molecule has 0 aliphatic heterocycles. The Morgan fingerprint density at radius 2 is 1.44 bits per heavy atom. The second-order valence-corrected chi connectivity index (χ2v) is 8.62. The maximum atomic E-state index is 11.9. The third-order valence-corrected chi connectivity index (χ3v) is 5.55. The van der Waals surface area contributed by atoms with Crippen molar-refractivity contribution in [2.45, 2.75) is 20.0 Å². The molecule has 4 rings (SSSR count). The van der Waals surface area contributed by atoms with E-state index in [1.807, 2.05) is 55.6 Å². The van der Waals surface area contributed by atoms with Crippen LogP contribution in [-0.4, -0.2) is 29.5 Å². The zero-order valence-electron chi connectivity index (χ0n) is 20.2. The van der Waals surface area contributed by atoms with Crippen molar-refractivity contribution in [3.05, 3.63) is 113 Å². The highest BCUT2D eigenvalue weighted by molar-refractivity contribution is 6.30. The summed E-state index contributed by atoms with van der Waals surface area (Å²) in [6.07, 6.45) is 1.70. The molecule has 3 aromatic carbocycles. The average molecular weight is 503 g/mol. The normalized spacial score (nSPS) is 10.8. The number of hydrogen-bond donors (Lipinski definition) is 0. The van der Waals surface area contributed by atoms with Gasteiger partial charge in [-0.15, -0.1) is 0 Å². The van der Waals surface area contributed by atoms with E-state index in [0.717, 1.165) is 29.2 Å². The molecule has 0 atom stereocenters. The molecule has 36 heavy (non-hydrogen) atoms. The number of pyridine rings is 1. The van der Waals surface area contributed by atoms with Crippen LogP contribution < -0.4 is 9.47 Å². The molecule has 0 spiro atoms. The Morgan fingerprint density at radius 3 is 2.11 bits per heavy atom. The van der Waals surface area contributed by atoms with E-state index in [1.165, 1.54) is 0 Å². The van der Waals surface area contributed by atoms with E-state index in [2.05, 4.69) is 9.88 Å². The lowest BCUT2D eigenvalue weighted by molar-refractivity contribution is 0.0526. The summed E-state index contributed by atoms with van der Waals surface area (Å²) in [7, 11) is 2.04. The molecule has 184 valence electrons. The molecule has 0 amide bonds. The number of hydrogen-bond acceptors (Lipinski definition) is 6. The Balaban J connectivity index is 1.35. The third kappa shape index (κ3) is 7.07. The first-order valence-corrected chi connectivity index (χ1v) is 12.0. The summed E-state index contributed by atoms with van der Waals surface area (Å²) in [5.74, 6) is 2.28. The van der Waals surface area contributed by atoms with Gasteiger partial charge in [0.2, 0.25) is 5.88 Å². The lowest BCUT2D eigenvalue weighted by Crippen LogP contribution is -2.17. The standard InChI is InChI=1S/C29H27ClN2O4/c1-3-34-29(33)22-8-14-27(15-9-22)36-28-23(5-4-18-31-28)20-32(2)19-21-6-12-25(13-7-21)35-26-16-10-24(30)11-17-26/h4-18H,3,19-20H2,1-2H3. The van der Waals surface area contributed by atoms with Gasteiger partial charge in [-0.3, -0.25) is 4.90 Å². The van der Waals surface area contributed by atoms with Gasteiger partial charge in [0.25, 0.3) is 0 Å². The maximum absolute atomic E-state index is 11.9. The molecule has 6 nitrogen and oxygen atoms in total. The highest BCUT2D eigenvalue weighted by atomic mass is 35.5. The van der Waals surface area contributed by atoms with Crippen molar-refractivity contribution in [3.8, 4) is 23.1 Å². The fourth-order valence-corrected chi connectivity index (χ4v) is 3.71. The molecule has 0 saturated carbocycles. The van der Waals surface area contributed by atoms with Crippen molar-refractivity contribution in [2.75, 3.05) is 13.7 Å². The van der Waals surface area contributed by atoms with Crippen molar-refractivity contribution >= 4 is 17.6 Å². The fourth-order valence-electron chi connectivity index (χ4n) is 3.58. The first-order chi connectivity index (χ1) is 17.5. The monoisotopic (exact) mass is 502 g/mol. The molecule has 0 bridgehead atoms. The van der Waals surface area contributed by atoms with E-state index in [9.17, 15) is 4.79 Å². The summed E-state index contributed by atoms with van der Waals surface area (Å²) < 4.78 is 16.9. The number of aromatic nitrogens is 1. The van der Waals surface area contributed by atoms with Gasteiger partial charge in [0.05, 0.1) is 12.2 Å². The zero-order valence-corrected chi connectivity index (χ0v) is 20.9. The van der Waals surface area contributed by atoms with Crippen LogP contribution >= 0.6 is 11.6 Å². The van der Waals surface area contributed by atoms with Gasteiger partial charge in [-0.05, 0) is 86.3 Å². The molecule has 0 radical (unpaired) electrons. The smallest absolute Gasteiger partial charge is 0.338 e. The number of carbonyl (C=O) groups is 1. The first kappa shape index (κ1) is 25.2. The summed E-state index contributed by atoms with van der Waals surface area (Å²) in [6.45, 7) is 3.50. The lowest BCUT2D eigenvalue weighted by atomic mass is 10.2.